The van der Waals surface area contributed by atoms with Crippen molar-refractivity contribution >= 4 is 5.91 Å². The molecule has 2 fully saturated rings. The highest BCUT2D eigenvalue weighted by molar-refractivity contribution is 5.78. The van der Waals surface area contributed by atoms with Crippen molar-refractivity contribution in [3.63, 3.8) is 0 Å². The van der Waals surface area contributed by atoms with E-state index in [4.69, 9.17) is 4.74 Å². The topological polar surface area (TPSA) is 36.0 Å². The molecule has 0 N–H and O–H groups in total. The predicted molar refractivity (Wildman–Crippen MR) is 107 cm³/mol. The van der Waals surface area contributed by atoms with Crippen molar-refractivity contribution in [3.05, 3.63) is 0 Å². The Bertz CT molecular complexity index is 417. The van der Waals surface area contributed by atoms with Gasteiger partial charge in [0.1, 0.15) is 0 Å². The molecule has 0 bridgehead atoms. The van der Waals surface area contributed by atoms with E-state index in [-0.39, 0.29) is 11.8 Å². The largest absolute Gasteiger partial charge is 0.377 e. The van der Waals surface area contributed by atoms with Crippen LogP contribution >= 0.6 is 0 Å². The molecule has 0 radical (unpaired) electrons. The number of amides is 1. The zero-order valence-electron chi connectivity index (χ0n) is 17.7. The Balaban J connectivity index is 1.54. The SMILES string of the molecule is CCC(C)CN1CCN(CCO[C@H]2C[C@H](N(C)C(=O)C(C)CC)C2)CC1. The lowest BCUT2D eigenvalue weighted by Crippen LogP contribution is -2.51. The molecule has 152 valence electrons. The normalized spacial score (nSPS) is 27.0. The Morgan fingerprint density at radius 1 is 1.08 bits per heavy atom. The van der Waals surface area contributed by atoms with Crippen LogP contribution in [0.3, 0.4) is 0 Å². The zero-order chi connectivity index (χ0) is 19.1. The lowest BCUT2D eigenvalue weighted by molar-refractivity contribution is -0.141. The first-order valence-electron chi connectivity index (χ1n) is 10.8. The number of rotatable bonds is 10. The van der Waals surface area contributed by atoms with Crippen molar-refractivity contribution in [2.24, 2.45) is 11.8 Å². The number of hydrogen-bond acceptors (Lipinski definition) is 4. The fourth-order valence-corrected chi connectivity index (χ4v) is 3.81. The molecule has 0 aromatic carbocycles. The molecule has 0 aromatic heterocycles. The summed E-state index contributed by atoms with van der Waals surface area (Å²) in [7, 11) is 1.95. The van der Waals surface area contributed by atoms with Crippen LogP contribution in [-0.2, 0) is 9.53 Å². The second kappa shape index (κ2) is 10.6. The first kappa shape index (κ1) is 21.6. The summed E-state index contributed by atoms with van der Waals surface area (Å²) in [4.78, 5) is 19.3. The molecular formula is C21H41N3O2. The second-order valence-corrected chi connectivity index (χ2v) is 8.53. The molecule has 2 atom stereocenters. The number of ether oxygens (including phenoxy) is 1. The Labute approximate surface area is 161 Å². The maximum Gasteiger partial charge on any atom is 0.225 e. The summed E-state index contributed by atoms with van der Waals surface area (Å²) in [6.45, 7) is 16.6. The number of nitrogens with zero attached hydrogens (tertiary/aromatic N) is 3. The first-order chi connectivity index (χ1) is 12.4. The van der Waals surface area contributed by atoms with Crippen molar-refractivity contribution in [1.29, 1.82) is 0 Å². The van der Waals surface area contributed by atoms with E-state index in [0.29, 0.717) is 12.1 Å². The van der Waals surface area contributed by atoms with Gasteiger partial charge >= 0.3 is 0 Å². The van der Waals surface area contributed by atoms with Gasteiger partial charge < -0.3 is 14.5 Å². The molecule has 5 nitrogen and oxygen atoms in total. The van der Waals surface area contributed by atoms with E-state index in [9.17, 15) is 4.79 Å². The molecule has 1 amide bonds. The molecule has 1 saturated heterocycles. The van der Waals surface area contributed by atoms with Crippen LogP contribution in [0.25, 0.3) is 0 Å². The number of piperazine rings is 1. The van der Waals surface area contributed by atoms with Crippen LogP contribution in [0.1, 0.15) is 53.4 Å². The van der Waals surface area contributed by atoms with E-state index in [1.165, 1.54) is 39.1 Å². The molecule has 0 aromatic rings. The highest BCUT2D eigenvalue weighted by Crippen LogP contribution is 2.28. The third kappa shape index (κ3) is 6.21. The minimum atomic E-state index is 0.138. The second-order valence-electron chi connectivity index (χ2n) is 8.53. The molecule has 1 aliphatic heterocycles. The summed E-state index contributed by atoms with van der Waals surface area (Å²) in [5.41, 5.74) is 0. The lowest BCUT2D eigenvalue weighted by Gasteiger charge is -2.42. The highest BCUT2D eigenvalue weighted by atomic mass is 16.5. The van der Waals surface area contributed by atoms with Gasteiger partial charge in [0.15, 0.2) is 0 Å². The van der Waals surface area contributed by atoms with E-state index in [2.05, 4.69) is 30.6 Å². The van der Waals surface area contributed by atoms with E-state index >= 15 is 0 Å². The van der Waals surface area contributed by atoms with Gasteiger partial charge in [-0.3, -0.25) is 9.69 Å². The van der Waals surface area contributed by atoms with Crippen molar-refractivity contribution in [1.82, 2.24) is 14.7 Å². The molecule has 26 heavy (non-hydrogen) atoms. The average molecular weight is 368 g/mol. The highest BCUT2D eigenvalue weighted by Gasteiger charge is 2.35. The summed E-state index contributed by atoms with van der Waals surface area (Å²) in [6, 6.07) is 0.380. The van der Waals surface area contributed by atoms with Gasteiger partial charge in [-0.1, -0.05) is 34.1 Å². The van der Waals surface area contributed by atoms with Crippen molar-refractivity contribution in [2.45, 2.75) is 65.5 Å². The third-order valence-electron chi connectivity index (χ3n) is 6.49. The quantitative estimate of drug-likeness (QED) is 0.595. The van der Waals surface area contributed by atoms with Gasteiger partial charge in [0.05, 0.1) is 12.7 Å². The molecule has 2 rings (SSSR count). The predicted octanol–water partition coefficient (Wildman–Crippen LogP) is 2.70. The van der Waals surface area contributed by atoms with Gasteiger partial charge in [-0.15, -0.1) is 0 Å². The molecule has 5 heteroatoms. The molecule has 0 spiro atoms. The maximum absolute atomic E-state index is 12.2. The number of carbonyl (C=O) groups is 1. The Morgan fingerprint density at radius 3 is 2.27 bits per heavy atom. The number of carbonyl (C=O) groups excluding carboxylic acids is 1. The van der Waals surface area contributed by atoms with E-state index in [0.717, 1.165) is 38.3 Å². The maximum atomic E-state index is 12.2. The fourth-order valence-electron chi connectivity index (χ4n) is 3.81. The standard InChI is InChI=1S/C21H41N3O2/c1-6-17(3)16-24-10-8-23(9-11-24)12-13-26-20-14-19(15-20)22(5)21(25)18(4)7-2/h17-20H,6-16H2,1-5H3/t17?,18?,19-,20-. The summed E-state index contributed by atoms with van der Waals surface area (Å²) in [5, 5.41) is 0. The van der Waals surface area contributed by atoms with E-state index in [1.807, 2.05) is 18.9 Å². The fraction of sp³-hybridized carbons (Fsp3) is 0.952. The summed E-state index contributed by atoms with van der Waals surface area (Å²) in [5.74, 6) is 1.23. The van der Waals surface area contributed by atoms with Crippen LogP contribution in [0.15, 0.2) is 0 Å². The molecule has 1 saturated carbocycles. The van der Waals surface area contributed by atoms with Crippen LogP contribution in [0.5, 0.6) is 0 Å². The van der Waals surface area contributed by atoms with Gasteiger partial charge in [0.25, 0.3) is 0 Å². The van der Waals surface area contributed by atoms with Gasteiger partial charge in [-0.2, -0.15) is 0 Å². The molecule has 1 aliphatic carbocycles. The molecule has 2 aliphatic rings. The van der Waals surface area contributed by atoms with Gasteiger partial charge in [0.2, 0.25) is 5.91 Å². The minimum absolute atomic E-state index is 0.138. The van der Waals surface area contributed by atoms with Crippen LogP contribution in [0, 0.1) is 11.8 Å². The lowest BCUT2D eigenvalue weighted by atomic mass is 9.87. The van der Waals surface area contributed by atoms with Gasteiger partial charge in [0, 0.05) is 58.3 Å². The van der Waals surface area contributed by atoms with Crippen molar-refractivity contribution in [2.75, 3.05) is 52.9 Å². The van der Waals surface area contributed by atoms with Crippen LogP contribution in [0.2, 0.25) is 0 Å². The molecule has 2 unspecified atom stereocenters. The summed E-state index contributed by atoms with van der Waals surface area (Å²) in [6.07, 6.45) is 4.54. The molecule has 1 heterocycles. The van der Waals surface area contributed by atoms with E-state index in [1.54, 1.807) is 0 Å². The van der Waals surface area contributed by atoms with Crippen molar-refractivity contribution < 1.29 is 9.53 Å². The first-order valence-corrected chi connectivity index (χ1v) is 10.8. The minimum Gasteiger partial charge on any atom is -0.377 e. The monoisotopic (exact) mass is 367 g/mol. The Morgan fingerprint density at radius 2 is 1.69 bits per heavy atom. The zero-order valence-corrected chi connectivity index (χ0v) is 17.7. The van der Waals surface area contributed by atoms with Crippen LogP contribution in [-0.4, -0.2) is 85.7 Å². The van der Waals surface area contributed by atoms with Crippen LogP contribution in [0.4, 0.5) is 0 Å². The third-order valence-corrected chi connectivity index (χ3v) is 6.49. The van der Waals surface area contributed by atoms with Crippen molar-refractivity contribution in [3.8, 4) is 0 Å². The van der Waals surface area contributed by atoms with Crippen LogP contribution < -0.4 is 0 Å². The average Bonchev–Trinajstić information content (AvgIpc) is 2.62. The number of hydrogen-bond donors (Lipinski definition) is 0. The van der Waals surface area contributed by atoms with E-state index < -0.39 is 0 Å². The smallest absolute Gasteiger partial charge is 0.225 e. The van der Waals surface area contributed by atoms with Gasteiger partial charge in [-0.05, 0) is 25.2 Å². The summed E-state index contributed by atoms with van der Waals surface area (Å²) < 4.78 is 6.04. The van der Waals surface area contributed by atoms with Gasteiger partial charge in [-0.25, -0.2) is 0 Å². The molecular weight excluding hydrogens is 326 g/mol. The Hall–Kier alpha value is -0.650. The summed E-state index contributed by atoms with van der Waals surface area (Å²) >= 11 is 0. The Kier molecular flexibility index (Phi) is 8.85.